The Balaban J connectivity index is 2.34. The normalized spacial score (nSPS) is 10.4. The van der Waals surface area contributed by atoms with Gasteiger partial charge in [-0.2, -0.15) is 5.10 Å². The summed E-state index contributed by atoms with van der Waals surface area (Å²) in [6.45, 7) is 3.63. The molecule has 0 aliphatic heterocycles. The highest BCUT2D eigenvalue weighted by Crippen LogP contribution is 2.24. The molecule has 0 spiro atoms. The van der Waals surface area contributed by atoms with Crippen LogP contribution >= 0.6 is 11.6 Å². The number of carbonyl (C=O) groups excluding carboxylic acids is 1. The molecule has 0 fully saturated rings. The van der Waals surface area contributed by atoms with Crippen LogP contribution in [0.4, 0.5) is 11.4 Å². The van der Waals surface area contributed by atoms with Crippen molar-refractivity contribution in [3.63, 3.8) is 0 Å². The highest BCUT2D eigenvalue weighted by atomic mass is 35.5. The molecule has 18 heavy (non-hydrogen) atoms. The van der Waals surface area contributed by atoms with Gasteiger partial charge in [0.2, 0.25) is 0 Å². The third-order valence-electron chi connectivity index (χ3n) is 2.64. The molecule has 0 aliphatic rings. The van der Waals surface area contributed by atoms with E-state index in [9.17, 15) is 4.79 Å². The molecule has 0 unspecified atom stereocenters. The summed E-state index contributed by atoms with van der Waals surface area (Å²) in [6, 6.07) is 4.96. The van der Waals surface area contributed by atoms with Gasteiger partial charge in [-0.25, -0.2) is 0 Å². The van der Waals surface area contributed by atoms with E-state index in [0.29, 0.717) is 22.1 Å². The van der Waals surface area contributed by atoms with Gasteiger partial charge in [0.25, 0.3) is 5.91 Å². The predicted octanol–water partition coefficient (Wildman–Crippen LogP) is 2.51. The number of aromatic nitrogens is 2. The fraction of sp³-hybridized carbons (Fsp3) is 0.167. The van der Waals surface area contributed by atoms with Crippen molar-refractivity contribution in [1.29, 1.82) is 0 Å². The molecular formula is C12H13ClN4O. The lowest BCUT2D eigenvalue weighted by molar-refractivity contribution is 0.102. The second-order valence-corrected chi connectivity index (χ2v) is 4.37. The zero-order valence-electron chi connectivity index (χ0n) is 10.0. The Morgan fingerprint density at radius 1 is 1.44 bits per heavy atom. The lowest BCUT2D eigenvalue weighted by atomic mass is 10.1. The number of nitrogens with one attached hydrogen (secondary N) is 2. The molecule has 6 heteroatoms. The Kier molecular flexibility index (Phi) is 3.25. The van der Waals surface area contributed by atoms with Crippen molar-refractivity contribution in [3.8, 4) is 0 Å². The van der Waals surface area contributed by atoms with Gasteiger partial charge in [0, 0.05) is 5.69 Å². The fourth-order valence-corrected chi connectivity index (χ4v) is 1.96. The molecule has 1 aromatic heterocycles. The molecule has 0 saturated carbocycles. The molecule has 2 aromatic rings. The standard InChI is InChI=1S/C12H13ClN4O/c1-6-11(7(2)17-16-6)15-12(18)10-8(13)4-3-5-9(10)14/h3-5H,14H2,1-2H3,(H,15,18)(H,16,17). The maximum Gasteiger partial charge on any atom is 0.259 e. The highest BCUT2D eigenvalue weighted by molar-refractivity contribution is 6.35. The van der Waals surface area contributed by atoms with E-state index in [2.05, 4.69) is 15.5 Å². The number of nitrogen functional groups attached to an aromatic ring is 1. The van der Waals surface area contributed by atoms with Crippen molar-refractivity contribution in [3.05, 3.63) is 40.2 Å². The van der Waals surface area contributed by atoms with Crippen LogP contribution in [0.5, 0.6) is 0 Å². The van der Waals surface area contributed by atoms with Crippen molar-refractivity contribution < 1.29 is 4.79 Å². The van der Waals surface area contributed by atoms with Crippen LogP contribution in [0.1, 0.15) is 21.7 Å². The van der Waals surface area contributed by atoms with Gasteiger partial charge in [0.1, 0.15) is 0 Å². The topological polar surface area (TPSA) is 83.8 Å². The van der Waals surface area contributed by atoms with Gasteiger partial charge in [0.15, 0.2) is 0 Å². The number of benzene rings is 1. The monoisotopic (exact) mass is 264 g/mol. The quantitative estimate of drug-likeness (QED) is 0.729. The van der Waals surface area contributed by atoms with Crippen LogP contribution in [-0.2, 0) is 0 Å². The summed E-state index contributed by atoms with van der Waals surface area (Å²) in [5, 5.41) is 9.88. The van der Waals surface area contributed by atoms with Gasteiger partial charge >= 0.3 is 0 Å². The number of amides is 1. The predicted molar refractivity (Wildman–Crippen MR) is 71.9 cm³/mol. The lowest BCUT2D eigenvalue weighted by Crippen LogP contribution is -2.15. The number of hydrogen-bond acceptors (Lipinski definition) is 3. The average molecular weight is 265 g/mol. The first-order valence-corrected chi connectivity index (χ1v) is 5.75. The van der Waals surface area contributed by atoms with E-state index in [1.165, 1.54) is 0 Å². The minimum Gasteiger partial charge on any atom is -0.398 e. The first kappa shape index (κ1) is 12.4. The Morgan fingerprint density at radius 3 is 2.72 bits per heavy atom. The number of nitrogens with two attached hydrogens (primary N) is 1. The van der Waals surface area contributed by atoms with Crippen molar-refractivity contribution in [2.45, 2.75) is 13.8 Å². The van der Waals surface area contributed by atoms with E-state index in [0.717, 1.165) is 5.69 Å². The number of nitrogens with zero attached hydrogens (tertiary/aromatic N) is 1. The number of H-pyrrole nitrogens is 1. The van der Waals surface area contributed by atoms with Gasteiger partial charge < -0.3 is 11.1 Å². The van der Waals surface area contributed by atoms with E-state index >= 15 is 0 Å². The van der Waals surface area contributed by atoms with Gasteiger partial charge in [-0.15, -0.1) is 0 Å². The molecule has 0 radical (unpaired) electrons. The summed E-state index contributed by atoms with van der Waals surface area (Å²) in [4.78, 5) is 12.1. The van der Waals surface area contributed by atoms with Crippen molar-refractivity contribution in [2.75, 3.05) is 11.1 Å². The van der Waals surface area contributed by atoms with Crippen LogP contribution in [0.3, 0.4) is 0 Å². The van der Waals surface area contributed by atoms with Crippen LogP contribution in [0.25, 0.3) is 0 Å². The average Bonchev–Trinajstić information content (AvgIpc) is 2.60. The number of aryl methyl sites for hydroxylation is 2. The molecule has 1 heterocycles. The number of anilines is 2. The van der Waals surface area contributed by atoms with E-state index < -0.39 is 0 Å². The smallest absolute Gasteiger partial charge is 0.259 e. The molecule has 0 aliphatic carbocycles. The molecule has 94 valence electrons. The van der Waals surface area contributed by atoms with E-state index in [-0.39, 0.29) is 11.5 Å². The zero-order valence-corrected chi connectivity index (χ0v) is 10.8. The van der Waals surface area contributed by atoms with Gasteiger partial charge in [-0.1, -0.05) is 17.7 Å². The zero-order chi connectivity index (χ0) is 13.3. The minimum atomic E-state index is -0.342. The molecule has 1 aromatic carbocycles. The molecule has 2 rings (SSSR count). The maximum atomic E-state index is 12.1. The summed E-state index contributed by atoms with van der Waals surface area (Å²) in [7, 11) is 0. The molecular weight excluding hydrogens is 252 g/mol. The van der Waals surface area contributed by atoms with Crippen LogP contribution in [-0.4, -0.2) is 16.1 Å². The fourth-order valence-electron chi connectivity index (χ4n) is 1.69. The van der Waals surface area contributed by atoms with Crippen LogP contribution in [0, 0.1) is 13.8 Å². The number of rotatable bonds is 2. The van der Waals surface area contributed by atoms with Crippen LogP contribution in [0.2, 0.25) is 5.02 Å². The molecule has 0 atom stereocenters. The van der Waals surface area contributed by atoms with Crippen LogP contribution in [0.15, 0.2) is 18.2 Å². The van der Waals surface area contributed by atoms with Gasteiger partial charge in [-0.3, -0.25) is 9.89 Å². The van der Waals surface area contributed by atoms with E-state index in [4.69, 9.17) is 17.3 Å². The molecule has 5 nitrogen and oxygen atoms in total. The largest absolute Gasteiger partial charge is 0.398 e. The first-order chi connectivity index (χ1) is 8.50. The van der Waals surface area contributed by atoms with Crippen molar-refractivity contribution in [1.82, 2.24) is 10.2 Å². The highest BCUT2D eigenvalue weighted by Gasteiger charge is 2.16. The Morgan fingerprint density at radius 2 is 2.17 bits per heavy atom. The number of halogens is 1. The summed E-state index contributed by atoms with van der Waals surface area (Å²) in [5.74, 6) is -0.342. The number of hydrogen-bond donors (Lipinski definition) is 3. The second kappa shape index (κ2) is 4.70. The Bertz CT molecular complexity index is 566. The summed E-state index contributed by atoms with van der Waals surface area (Å²) >= 11 is 5.98. The number of carbonyl (C=O) groups is 1. The Hall–Kier alpha value is -2.01. The SMILES string of the molecule is Cc1n[nH]c(C)c1NC(=O)c1c(N)cccc1Cl. The third kappa shape index (κ3) is 2.17. The number of aromatic amines is 1. The summed E-state index contributed by atoms with van der Waals surface area (Å²) in [5.41, 5.74) is 8.53. The lowest BCUT2D eigenvalue weighted by Gasteiger charge is -2.09. The van der Waals surface area contributed by atoms with Crippen molar-refractivity contribution >= 4 is 28.9 Å². The molecule has 4 N–H and O–H groups in total. The van der Waals surface area contributed by atoms with Crippen molar-refractivity contribution in [2.24, 2.45) is 0 Å². The summed E-state index contributed by atoms with van der Waals surface area (Å²) < 4.78 is 0. The summed E-state index contributed by atoms with van der Waals surface area (Å²) in [6.07, 6.45) is 0. The molecule has 0 saturated heterocycles. The van der Waals surface area contributed by atoms with E-state index in [1.54, 1.807) is 25.1 Å². The van der Waals surface area contributed by atoms with Gasteiger partial charge in [0.05, 0.1) is 27.7 Å². The minimum absolute atomic E-state index is 0.277. The molecule has 1 amide bonds. The first-order valence-electron chi connectivity index (χ1n) is 5.37. The second-order valence-electron chi connectivity index (χ2n) is 3.97. The Labute approximate surface area is 109 Å². The third-order valence-corrected chi connectivity index (χ3v) is 2.95. The molecule has 0 bridgehead atoms. The van der Waals surface area contributed by atoms with Gasteiger partial charge in [-0.05, 0) is 26.0 Å². The maximum absolute atomic E-state index is 12.1. The van der Waals surface area contributed by atoms with Crippen LogP contribution < -0.4 is 11.1 Å². The van der Waals surface area contributed by atoms with E-state index in [1.807, 2.05) is 6.92 Å².